The normalized spacial score (nSPS) is 11.1. The van der Waals surface area contributed by atoms with E-state index in [9.17, 15) is 13.2 Å². The van der Waals surface area contributed by atoms with Crippen molar-refractivity contribution in [3.63, 3.8) is 0 Å². The number of methoxy groups -OCH3 is 1. The molecule has 3 aromatic rings. The van der Waals surface area contributed by atoms with Crippen LogP contribution in [0.2, 0.25) is 0 Å². The van der Waals surface area contributed by atoms with E-state index in [2.05, 4.69) is 15.7 Å². The highest BCUT2D eigenvalue weighted by atomic mass is 32.1. The number of alkyl halides is 3. The molecule has 1 aromatic heterocycles. The third-order valence-corrected chi connectivity index (χ3v) is 4.02. The maximum Gasteiger partial charge on any atom is 0.416 e. The number of rotatable bonds is 5. The molecule has 2 aromatic carbocycles. The van der Waals surface area contributed by atoms with Crippen LogP contribution < -0.4 is 15.4 Å². The lowest BCUT2D eigenvalue weighted by molar-refractivity contribution is -0.137. The van der Waals surface area contributed by atoms with Gasteiger partial charge in [-0.2, -0.15) is 18.3 Å². The number of aromatic nitrogens is 2. The molecule has 9 heteroatoms. The molecule has 1 heterocycles. The molecule has 0 aliphatic carbocycles. The molecule has 0 unspecified atom stereocenters. The Morgan fingerprint density at radius 1 is 1.11 bits per heavy atom. The highest BCUT2D eigenvalue weighted by Gasteiger charge is 2.30. The van der Waals surface area contributed by atoms with Crippen LogP contribution in [0.3, 0.4) is 0 Å². The maximum atomic E-state index is 12.8. The van der Waals surface area contributed by atoms with Crippen molar-refractivity contribution in [2.45, 2.75) is 12.7 Å². The first kappa shape index (κ1) is 19.7. The third kappa shape index (κ3) is 5.23. The molecule has 0 amide bonds. The summed E-state index contributed by atoms with van der Waals surface area (Å²) in [4.78, 5) is 0. The topological polar surface area (TPSA) is 51.1 Å². The Kier molecular flexibility index (Phi) is 5.84. The summed E-state index contributed by atoms with van der Waals surface area (Å²) in [5.41, 5.74) is 1.13. The molecule has 0 saturated heterocycles. The van der Waals surface area contributed by atoms with Gasteiger partial charge in [-0.25, -0.2) is 0 Å². The Morgan fingerprint density at radius 3 is 2.61 bits per heavy atom. The largest absolute Gasteiger partial charge is 0.497 e. The van der Waals surface area contributed by atoms with Crippen molar-refractivity contribution in [2.75, 3.05) is 17.7 Å². The smallest absolute Gasteiger partial charge is 0.416 e. The van der Waals surface area contributed by atoms with Gasteiger partial charge < -0.3 is 15.4 Å². The van der Waals surface area contributed by atoms with Gasteiger partial charge in [-0.05, 0) is 48.1 Å². The Balaban J connectivity index is 1.61. The predicted octanol–water partition coefficient (Wildman–Crippen LogP) is 4.77. The van der Waals surface area contributed by atoms with Crippen LogP contribution in [0.5, 0.6) is 5.75 Å². The second-order valence-corrected chi connectivity index (χ2v) is 6.34. The SMILES string of the molecule is COc1cccc(Cn2cc(NC(=S)Nc3cccc(C(F)(F)F)c3)cn2)c1. The van der Waals surface area contributed by atoms with Gasteiger partial charge in [-0.1, -0.05) is 18.2 Å². The van der Waals surface area contributed by atoms with E-state index >= 15 is 0 Å². The van der Waals surface area contributed by atoms with E-state index in [1.807, 2.05) is 24.3 Å². The van der Waals surface area contributed by atoms with E-state index in [-0.39, 0.29) is 10.8 Å². The second-order valence-electron chi connectivity index (χ2n) is 5.94. The van der Waals surface area contributed by atoms with Crippen LogP contribution in [-0.4, -0.2) is 22.0 Å². The molecule has 5 nitrogen and oxygen atoms in total. The van der Waals surface area contributed by atoms with E-state index in [4.69, 9.17) is 17.0 Å². The summed E-state index contributed by atoms with van der Waals surface area (Å²) >= 11 is 5.17. The van der Waals surface area contributed by atoms with Crippen LogP contribution in [0.15, 0.2) is 60.9 Å². The molecule has 0 spiro atoms. The van der Waals surface area contributed by atoms with Crippen molar-refractivity contribution in [3.05, 3.63) is 72.1 Å². The lowest BCUT2D eigenvalue weighted by Gasteiger charge is -2.11. The summed E-state index contributed by atoms with van der Waals surface area (Å²) in [5, 5.41) is 10.1. The molecule has 0 atom stereocenters. The van der Waals surface area contributed by atoms with Gasteiger partial charge in [0.15, 0.2) is 5.11 Å². The van der Waals surface area contributed by atoms with E-state index in [1.54, 1.807) is 24.2 Å². The molecule has 146 valence electrons. The first-order valence-corrected chi connectivity index (χ1v) is 8.65. The summed E-state index contributed by atoms with van der Waals surface area (Å²) in [6.45, 7) is 0.534. The molecular weight excluding hydrogens is 389 g/mol. The molecule has 0 fully saturated rings. The zero-order chi connectivity index (χ0) is 20.1. The number of halogens is 3. The van der Waals surface area contributed by atoms with Gasteiger partial charge in [0, 0.05) is 11.9 Å². The van der Waals surface area contributed by atoms with E-state index < -0.39 is 11.7 Å². The average molecular weight is 406 g/mol. The molecule has 0 aliphatic rings. The van der Waals surface area contributed by atoms with Gasteiger partial charge in [-0.3, -0.25) is 4.68 Å². The minimum atomic E-state index is -4.41. The molecule has 0 saturated carbocycles. The number of ether oxygens (including phenoxy) is 1. The minimum absolute atomic E-state index is 0.167. The third-order valence-electron chi connectivity index (χ3n) is 3.82. The Morgan fingerprint density at radius 2 is 1.86 bits per heavy atom. The van der Waals surface area contributed by atoms with Crippen molar-refractivity contribution in [1.29, 1.82) is 0 Å². The van der Waals surface area contributed by atoms with Crippen molar-refractivity contribution in [3.8, 4) is 5.75 Å². The molecule has 2 N–H and O–H groups in total. The van der Waals surface area contributed by atoms with E-state index in [1.165, 1.54) is 12.1 Å². The zero-order valence-electron chi connectivity index (χ0n) is 14.8. The fourth-order valence-electron chi connectivity index (χ4n) is 2.54. The highest BCUT2D eigenvalue weighted by molar-refractivity contribution is 7.80. The lowest BCUT2D eigenvalue weighted by Crippen LogP contribution is -2.19. The molecule has 3 rings (SSSR count). The van der Waals surface area contributed by atoms with Crippen molar-refractivity contribution < 1.29 is 17.9 Å². The lowest BCUT2D eigenvalue weighted by atomic mass is 10.2. The van der Waals surface area contributed by atoms with Gasteiger partial charge in [0.25, 0.3) is 0 Å². The maximum absolute atomic E-state index is 12.8. The number of thiocarbonyl (C=S) groups is 1. The minimum Gasteiger partial charge on any atom is -0.497 e. The van der Waals surface area contributed by atoms with Crippen LogP contribution in [0.1, 0.15) is 11.1 Å². The monoisotopic (exact) mass is 406 g/mol. The van der Waals surface area contributed by atoms with Crippen molar-refractivity contribution in [1.82, 2.24) is 9.78 Å². The quantitative estimate of drug-likeness (QED) is 0.598. The summed E-state index contributed by atoms with van der Waals surface area (Å²) in [6.07, 6.45) is -1.08. The second kappa shape index (κ2) is 8.30. The summed E-state index contributed by atoms with van der Waals surface area (Å²) in [5.74, 6) is 0.759. The molecule has 0 bridgehead atoms. The van der Waals surface area contributed by atoms with Crippen LogP contribution in [0.25, 0.3) is 0 Å². The fraction of sp³-hybridized carbons (Fsp3) is 0.158. The summed E-state index contributed by atoms with van der Waals surface area (Å²) < 4.78 is 45.3. The number of hydrogen-bond acceptors (Lipinski definition) is 3. The zero-order valence-corrected chi connectivity index (χ0v) is 15.6. The van der Waals surface area contributed by atoms with Gasteiger partial charge in [0.05, 0.1) is 31.1 Å². The Labute approximate surface area is 165 Å². The molecule has 0 aliphatic heterocycles. The van der Waals surface area contributed by atoms with Crippen LogP contribution >= 0.6 is 12.2 Å². The highest BCUT2D eigenvalue weighted by Crippen LogP contribution is 2.30. The first-order chi connectivity index (χ1) is 13.3. The number of nitrogens with one attached hydrogen (secondary N) is 2. The number of anilines is 2. The Bertz CT molecular complexity index is 972. The van der Waals surface area contributed by atoms with Gasteiger partial charge >= 0.3 is 6.18 Å². The van der Waals surface area contributed by atoms with Gasteiger partial charge in [0.1, 0.15) is 5.75 Å². The van der Waals surface area contributed by atoms with Crippen LogP contribution in [0.4, 0.5) is 24.5 Å². The molecule has 28 heavy (non-hydrogen) atoms. The number of benzene rings is 2. The molecular formula is C19H17F3N4OS. The summed E-state index contributed by atoms with van der Waals surface area (Å²) in [6, 6.07) is 12.5. The van der Waals surface area contributed by atoms with Crippen LogP contribution in [0, 0.1) is 0 Å². The Hall–Kier alpha value is -3.07. The molecule has 0 radical (unpaired) electrons. The first-order valence-electron chi connectivity index (χ1n) is 8.24. The van der Waals surface area contributed by atoms with E-state index in [0.717, 1.165) is 23.4 Å². The number of hydrogen-bond donors (Lipinski definition) is 2. The number of nitrogens with zero attached hydrogens (tertiary/aromatic N) is 2. The van der Waals surface area contributed by atoms with E-state index in [0.29, 0.717) is 12.2 Å². The van der Waals surface area contributed by atoms with Gasteiger partial charge in [0.2, 0.25) is 0 Å². The average Bonchev–Trinajstić information content (AvgIpc) is 3.08. The standard InChI is InChI=1S/C19H17F3N4OS/c1-27-17-7-2-4-13(8-17)11-26-12-16(10-23-26)25-18(28)24-15-6-3-5-14(9-15)19(20,21)22/h2-10,12H,11H2,1H3,(H2,24,25,28). The summed E-state index contributed by atoms with van der Waals surface area (Å²) in [7, 11) is 1.60. The van der Waals surface area contributed by atoms with Crippen molar-refractivity contribution >= 4 is 28.7 Å². The van der Waals surface area contributed by atoms with Crippen LogP contribution in [-0.2, 0) is 12.7 Å². The predicted molar refractivity (Wildman–Crippen MR) is 106 cm³/mol. The fourth-order valence-corrected chi connectivity index (χ4v) is 2.77. The van der Waals surface area contributed by atoms with Gasteiger partial charge in [-0.15, -0.1) is 0 Å². The van der Waals surface area contributed by atoms with Crippen molar-refractivity contribution in [2.24, 2.45) is 0 Å².